The van der Waals surface area contributed by atoms with E-state index in [0.717, 1.165) is 0 Å². The highest BCUT2D eigenvalue weighted by atomic mass is 35.5. The van der Waals surface area contributed by atoms with Gasteiger partial charge in [-0.15, -0.1) is 0 Å². The van der Waals surface area contributed by atoms with Crippen molar-refractivity contribution in [2.24, 2.45) is 5.92 Å². The summed E-state index contributed by atoms with van der Waals surface area (Å²) in [5.74, 6) is -0.779. The summed E-state index contributed by atoms with van der Waals surface area (Å²) in [4.78, 5) is 35.9. The number of ether oxygens (including phenoxy) is 1. The van der Waals surface area contributed by atoms with Crippen molar-refractivity contribution in [3.63, 3.8) is 0 Å². The van der Waals surface area contributed by atoms with Gasteiger partial charge in [0.1, 0.15) is 0 Å². The van der Waals surface area contributed by atoms with Crippen LogP contribution in [0.2, 0.25) is 5.02 Å². The predicted octanol–water partition coefficient (Wildman–Crippen LogP) is 0.898. The quantitative estimate of drug-likeness (QED) is 0.745. The predicted molar refractivity (Wildman–Crippen MR) is 93.4 cm³/mol. The van der Waals surface area contributed by atoms with E-state index >= 15 is 0 Å². The fraction of sp³-hybridized carbons (Fsp3) is 0.471. The second-order valence-corrected chi connectivity index (χ2v) is 6.65. The highest BCUT2D eigenvalue weighted by molar-refractivity contribution is 6.30. The number of halogens is 1. The summed E-state index contributed by atoms with van der Waals surface area (Å²) in [7, 11) is 0. The number of carboxylic acid groups (broad SMARTS) is 2. The smallest absolute Gasteiger partial charge is 0.317 e. The van der Waals surface area contributed by atoms with Gasteiger partial charge in [-0.05, 0) is 24.3 Å². The number of hydrogen-bond donors (Lipinski definition) is 2. The van der Waals surface area contributed by atoms with Crippen molar-refractivity contribution in [1.82, 2.24) is 9.80 Å². The van der Waals surface area contributed by atoms with Crippen molar-refractivity contribution < 1.29 is 29.3 Å². The van der Waals surface area contributed by atoms with Gasteiger partial charge in [-0.2, -0.15) is 0 Å². The zero-order chi connectivity index (χ0) is 19.1. The maximum atomic E-state index is 12.8. The second-order valence-electron chi connectivity index (χ2n) is 6.21. The topological polar surface area (TPSA) is 107 Å². The molecule has 2 heterocycles. The molecule has 0 spiro atoms. The lowest BCUT2D eigenvalue weighted by Crippen LogP contribution is -2.47. The van der Waals surface area contributed by atoms with E-state index in [-0.39, 0.29) is 30.9 Å². The number of rotatable bonds is 3. The number of hydrogen-bond acceptors (Lipinski definition) is 5. The van der Waals surface area contributed by atoms with E-state index in [1.165, 1.54) is 0 Å². The second kappa shape index (κ2) is 9.51. The molecule has 0 unspecified atom stereocenters. The molecular weight excluding hydrogens is 364 g/mol. The molecule has 2 aliphatic rings. The Labute approximate surface area is 155 Å². The van der Waals surface area contributed by atoms with Crippen LogP contribution in [0.4, 0.5) is 0 Å². The molecule has 2 atom stereocenters. The Bertz CT molecular complexity index is 639. The lowest BCUT2D eigenvalue weighted by atomic mass is 10.1. The van der Waals surface area contributed by atoms with E-state index in [0.29, 0.717) is 43.4 Å². The zero-order valence-corrected chi connectivity index (χ0v) is 14.8. The van der Waals surface area contributed by atoms with Crippen molar-refractivity contribution in [3.8, 4) is 0 Å². The first kappa shape index (κ1) is 20.2. The highest BCUT2D eigenvalue weighted by Gasteiger charge is 2.36. The summed E-state index contributed by atoms with van der Waals surface area (Å²) in [5, 5.41) is 16.5. The molecule has 0 aromatic heterocycles. The number of aliphatic carboxylic acids is 1. The number of carbonyl (C=O) groups is 3. The summed E-state index contributed by atoms with van der Waals surface area (Å²) < 4.78 is 5.66. The van der Waals surface area contributed by atoms with Gasteiger partial charge in [-0.3, -0.25) is 19.3 Å². The molecule has 1 aromatic carbocycles. The van der Waals surface area contributed by atoms with Crippen LogP contribution in [0.15, 0.2) is 24.3 Å². The van der Waals surface area contributed by atoms with Crippen LogP contribution >= 0.6 is 11.6 Å². The summed E-state index contributed by atoms with van der Waals surface area (Å²) in [5.41, 5.74) is 0.590. The van der Waals surface area contributed by atoms with Crippen LogP contribution in [-0.4, -0.2) is 83.8 Å². The Hall–Kier alpha value is -2.16. The van der Waals surface area contributed by atoms with Crippen LogP contribution < -0.4 is 0 Å². The van der Waals surface area contributed by atoms with Gasteiger partial charge in [-0.1, -0.05) is 11.6 Å². The largest absolute Gasteiger partial charge is 0.483 e. The van der Waals surface area contributed by atoms with Gasteiger partial charge < -0.3 is 19.8 Å². The van der Waals surface area contributed by atoms with Crippen LogP contribution in [0.3, 0.4) is 0 Å². The molecule has 9 heteroatoms. The molecule has 2 bridgehead atoms. The molecule has 142 valence electrons. The highest BCUT2D eigenvalue weighted by Crippen LogP contribution is 2.22. The number of carbonyl (C=O) groups excluding carboxylic acids is 1. The molecule has 1 amide bonds. The first-order valence-electron chi connectivity index (χ1n) is 8.10. The Balaban J connectivity index is 0.000000758. The number of fused-ring (bicyclic) bond motifs is 3. The van der Waals surface area contributed by atoms with Crippen molar-refractivity contribution in [3.05, 3.63) is 34.9 Å². The fourth-order valence-corrected chi connectivity index (χ4v) is 3.39. The number of benzene rings is 1. The van der Waals surface area contributed by atoms with Crippen LogP contribution in [0.5, 0.6) is 0 Å². The van der Waals surface area contributed by atoms with Gasteiger partial charge in [0.2, 0.25) is 0 Å². The minimum Gasteiger partial charge on any atom is -0.483 e. The maximum absolute atomic E-state index is 12.8. The fourth-order valence-electron chi connectivity index (χ4n) is 3.27. The zero-order valence-electron chi connectivity index (χ0n) is 14.1. The van der Waals surface area contributed by atoms with E-state index in [9.17, 15) is 9.59 Å². The first-order valence-corrected chi connectivity index (χ1v) is 8.48. The summed E-state index contributed by atoms with van der Waals surface area (Å²) in [6, 6.07) is 6.70. The Morgan fingerprint density at radius 3 is 2.46 bits per heavy atom. The number of amides is 1. The van der Waals surface area contributed by atoms with E-state index in [1.54, 1.807) is 24.3 Å². The molecule has 3 rings (SSSR count). The molecule has 1 aromatic rings. The molecule has 8 nitrogen and oxygen atoms in total. The standard InChI is InChI=1S/C16H19ClN2O4.CH2O2/c17-13-3-1-12(2-4-13)16(22)19-6-11-5-18(8-15(20)21)7-14(19)10-23-9-11;2-1-3/h1-4,11,14H,5-10H2,(H,20,21);1H,(H,2,3)/t11-,14-;/m0./s1. The molecule has 0 radical (unpaired) electrons. The van der Waals surface area contributed by atoms with Crippen molar-refractivity contribution in [1.29, 1.82) is 0 Å². The normalized spacial score (nSPS) is 22.6. The minimum atomic E-state index is -0.846. The minimum absolute atomic E-state index is 0.00399. The summed E-state index contributed by atoms with van der Waals surface area (Å²) >= 11 is 5.88. The lowest BCUT2D eigenvalue weighted by molar-refractivity contribution is -0.138. The van der Waals surface area contributed by atoms with E-state index < -0.39 is 5.97 Å². The number of nitrogens with zero attached hydrogens (tertiary/aromatic N) is 2. The molecule has 2 N–H and O–H groups in total. The Morgan fingerprint density at radius 1 is 1.19 bits per heavy atom. The molecule has 0 saturated carbocycles. The van der Waals surface area contributed by atoms with Gasteiger partial charge in [0.05, 0.1) is 25.8 Å². The van der Waals surface area contributed by atoms with E-state index in [2.05, 4.69) is 0 Å². The van der Waals surface area contributed by atoms with Crippen LogP contribution in [-0.2, 0) is 14.3 Å². The van der Waals surface area contributed by atoms with Crippen molar-refractivity contribution in [2.45, 2.75) is 6.04 Å². The summed E-state index contributed by atoms with van der Waals surface area (Å²) in [6.07, 6.45) is 0. The van der Waals surface area contributed by atoms with Crippen molar-refractivity contribution >= 4 is 29.9 Å². The van der Waals surface area contributed by atoms with Gasteiger partial charge in [-0.25, -0.2) is 0 Å². The first-order chi connectivity index (χ1) is 12.4. The molecule has 2 saturated heterocycles. The summed E-state index contributed by atoms with van der Waals surface area (Å²) in [6.45, 7) is 2.47. The van der Waals surface area contributed by atoms with E-state index in [1.807, 2.05) is 9.80 Å². The monoisotopic (exact) mass is 384 g/mol. The van der Waals surface area contributed by atoms with Gasteiger partial charge in [0.25, 0.3) is 12.4 Å². The van der Waals surface area contributed by atoms with E-state index in [4.69, 9.17) is 31.3 Å². The third-order valence-electron chi connectivity index (χ3n) is 4.26. The van der Waals surface area contributed by atoms with Gasteiger partial charge >= 0.3 is 5.97 Å². The average Bonchev–Trinajstić information content (AvgIpc) is 2.86. The maximum Gasteiger partial charge on any atom is 0.317 e. The third kappa shape index (κ3) is 5.42. The number of carboxylic acids is 1. The molecule has 2 fully saturated rings. The van der Waals surface area contributed by atoms with Gasteiger partial charge in [0.15, 0.2) is 0 Å². The molecule has 2 aliphatic heterocycles. The van der Waals surface area contributed by atoms with Crippen molar-refractivity contribution in [2.75, 3.05) is 39.4 Å². The molecule has 26 heavy (non-hydrogen) atoms. The van der Waals surface area contributed by atoms with Crippen LogP contribution in [0.25, 0.3) is 0 Å². The van der Waals surface area contributed by atoms with Crippen LogP contribution in [0, 0.1) is 5.92 Å². The van der Waals surface area contributed by atoms with Crippen LogP contribution in [0.1, 0.15) is 10.4 Å². The Kier molecular flexibility index (Phi) is 7.38. The Morgan fingerprint density at radius 2 is 1.85 bits per heavy atom. The lowest BCUT2D eigenvalue weighted by Gasteiger charge is -2.30. The van der Waals surface area contributed by atoms with Gasteiger partial charge in [0, 0.05) is 36.1 Å². The average molecular weight is 385 g/mol. The SMILES string of the molecule is O=C(O)CN1C[C@@H]2COC[C@H](C1)N(C(=O)c1ccc(Cl)cc1)C2.O=CO. The third-order valence-corrected chi connectivity index (χ3v) is 4.51. The molecule has 0 aliphatic carbocycles. The molecular formula is C17H21ClN2O6.